The molecular formula is C18H15BrN4O4S. The van der Waals surface area contributed by atoms with Crippen LogP contribution in [0.2, 0.25) is 0 Å². The molecule has 0 fully saturated rings. The molecule has 3 aromatic rings. The lowest BCUT2D eigenvalue weighted by molar-refractivity contribution is -0.385. The van der Waals surface area contributed by atoms with Crippen LogP contribution >= 0.6 is 15.9 Å². The molecule has 0 unspecified atom stereocenters. The number of sulfonamides is 1. The summed E-state index contributed by atoms with van der Waals surface area (Å²) in [6.45, 7) is 1.57. The summed E-state index contributed by atoms with van der Waals surface area (Å²) >= 11 is 3.41. The van der Waals surface area contributed by atoms with Crippen LogP contribution in [0, 0.1) is 17.0 Å². The topological polar surface area (TPSA) is 106 Å². The van der Waals surface area contributed by atoms with Gasteiger partial charge in [0.05, 0.1) is 16.0 Å². The minimum Gasteiger partial charge on any atom is -0.263 e. The first-order valence-electron chi connectivity index (χ1n) is 8.01. The second-order valence-corrected chi connectivity index (χ2v) is 8.82. The Morgan fingerprint density at radius 2 is 1.96 bits per heavy atom. The molecule has 1 heterocycles. The first-order valence-corrected chi connectivity index (χ1v) is 10.2. The van der Waals surface area contributed by atoms with Crippen molar-refractivity contribution in [2.45, 2.75) is 11.8 Å². The van der Waals surface area contributed by atoms with Gasteiger partial charge in [-0.15, -0.1) is 0 Å². The van der Waals surface area contributed by atoms with E-state index in [2.05, 4.69) is 26.0 Å². The van der Waals surface area contributed by atoms with Gasteiger partial charge in [-0.2, -0.15) is 17.9 Å². The molecule has 0 amide bonds. The van der Waals surface area contributed by atoms with Gasteiger partial charge in [0, 0.05) is 47.0 Å². The third kappa shape index (κ3) is 3.87. The molecule has 2 aromatic carbocycles. The highest BCUT2D eigenvalue weighted by atomic mass is 79.9. The Morgan fingerprint density at radius 3 is 2.68 bits per heavy atom. The van der Waals surface area contributed by atoms with Crippen molar-refractivity contribution in [3.05, 3.63) is 74.5 Å². The number of aryl methyl sites for hydroxylation is 1. The number of hydrogen-bond donors (Lipinski definition) is 0. The fraction of sp³-hybridized carbons (Fsp3) is 0.111. The fourth-order valence-electron chi connectivity index (χ4n) is 2.59. The summed E-state index contributed by atoms with van der Waals surface area (Å²) in [6.07, 6.45) is 4.68. The third-order valence-electron chi connectivity index (χ3n) is 4.12. The minimum atomic E-state index is -4.06. The van der Waals surface area contributed by atoms with Gasteiger partial charge in [0.1, 0.15) is 0 Å². The molecule has 0 bridgehead atoms. The number of nitrogens with zero attached hydrogens (tertiary/aromatic N) is 4. The van der Waals surface area contributed by atoms with Crippen LogP contribution < -0.4 is 0 Å². The monoisotopic (exact) mass is 462 g/mol. The molecule has 0 atom stereocenters. The molecule has 0 aliphatic carbocycles. The molecule has 3 rings (SSSR count). The maximum atomic E-state index is 12.8. The van der Waals surface area contributed by atoms with Crippen LogP contribution in [0.1, 0.15) is 11.1 Å². The number of pyridine rings is 1. The summed E-state index contributed by atoms with van der Waals surface area (Å²) in [7, 11) is -2.78. The van der Waals surface area contributed by atoms with Gasteiger partial charge in [-0.25, -0.2) is 0 Å². The largest absolute Gasteiger partial charge is 0.279 e. The Morgan fingerprint density at radius 1 is 1.21 bits per heavy atom. The van der Waals surface area contributed by atoms with E-state index < -0.39 is 14.9 Å². The van der Waals surface area contributed by atoms with Gasteiger partial charge in [-0.05, 0) is 30.0 Å². The molecular weight excluding hydrogens is 448 g/mol. The van der Waals surface area contributed by atoms with E-state index in [-0.39, 0.29) is 10.6 Å². The van der Waals surface area contributed by atoms with E-state index in [0.717, 1.165) is 25.7 Å². The van der Waals surface area contributed by atoms with Gasteiger partial charge in [0.2, 0.25) is 0 Å². The van der Waals surface area contributed by atoms with E-state index in [1.807, 2.05) is 18.2 Å². The average molecular weight is 463 g/mol. The summed E-state index contributed by atoms with van der Waals surface area (Å²) in [5.74, 6) is 0. The Labute approximate surface area is 169 Å². The number of rotatable bonds is 5. The molecule has 28 heavy (non-hydrogen) atoms. The number of nitro groups is 1. The summed E-state index contributed by atoms with van der Waals surface area (Å²) in [5, 5.41) is 16.7. The van der Waals surface area contributed by atoms with Gasteiger partial charge in [0.25, 0.3) is 15.7 Å². The Bertz CT molecular complexity index is 1210. The molecule has 0 saturated heterocycles. The van der Waals surface area contributed by atoms with Gasteiger partial charge in [0.15, 0.2) is 0 Å². The lowest BCUT2D eigenvalue weighted by Gasteiger charge is -2.15. The van der Waals surface area contributed by atoms with E-state index >= 15 is 0 Å². The van der Waals surface area contributed by atoms with Crippen molar-refractivity contribution in [1.29, 1.82) is 0 Å². The second kappa shape index (κ2) is 7.64. The maximum absolute atomic E-state index is 12.8. The van der Waals surface area contributed by atoms with Crippen LogP contribution in [0.5, 0.6) is 0 Å². The number of halogens is 1. The van der Waals surface area contributed by atoms with Crippen molar-refractivity contribution in [1.82, 2.24) is 9.40 Å². The molecule has 1 aromatic heterocycles. The van der Waals surface area contributed by atoms with Crippen molar-refractivity contribution in [2.24, 2.45) is 5.10 Å². The normalized spacial score (nSPS) is 11.8. The van der Waals surface area contributed by atoms with Crippen LogP contribution in [-0.4, -0.2) is 36.0 Å². The molecule has 0 N–H and O–H groups in total. The van der Waals surface area contributed by atoms with E-state index in [1.165, 1.54) is 25.4 Å². The molecule has 0 spiro atoms. The zero-order valence-corrected chi connectivity index (χ0v) is 17.3. The summed E-state index contributed by atoms with van der Waals surface area (Å²) in [4.78, 5) is 14.3. The SMILES string of the molecule is Cc1ccc([N+](=O)[O-])cc1S(=O)(=O)N(C)/N=C/c1cncc2ccc(Br)cc12. The van der Waals surface area contributed by atoms with Crippen LogP contribution in [0.4, 0.5) is 5.69 Å². The van der Waals surface area contributed by atoms with Crippen molar-refractivity contribution in [3.8, 4) is 0 Å². The van der Waals surface area contributed by atoms with Crippen molar-refractivity contribution >= 4 is 48.6 Å². The lowest BCUT2D eigenvalue weighted by atomic mass is 10.1. The molecule has 0 aliphatic heterocycles. The maximum Gasteiger partial charge on any atom is 0.279 e. The summed E-state index contributed by atoms with van der Waals surface area (Å²) < 4.78 is 27.3. The number of fused-ring (bicyclic) bond motifs is 1. The highest BCUT2D eigenvalue weighted by molar-refractivity contribution is 9.10. The van der Waals surface area contributed by atoms with E-state index in [1.54, 1.807) is 19.3 Å². The second-order valence-electron chi connectivity index (χ2n) is 5.98. The third-order valence-corrected chi connectivity index (χ3v) is 6.40. The number of hydrazone groups is 1. The van der Waals surface area contributed by atoms with Crippen LogP contribution in [0.3, 0.4) is 0 Å². The van der Waals surface area contributed by atoms with Gasteiger partial charge in [-0.1, -0.05) is 28.1 Å². The number of aromatic nitrogens is 1. The number of benzene rings is 2. The van der Waals surface area contributed by atoms with E-state index in [0.29, 0.717) is 11.1 Å². The first-order chi connectivity index (χ1) is 13.2. The summed E-state index contributed by atoms with van der Waals surface area (Å²) in [5.41, 5.74) is 0.727. The fourth-order valence-corrected chi connectivity index (χ4v) is 4.15. The van der Waals surface area contributed by atoms with Gasteiger partial charge in [-0.3, -0.25) is 15.1 Å². The number of hydrogen-bond acceptors (Lipinski definition) is 6. The molecule has 0 radical (unpaired) electrons. The Hall–Kier alpha value is -2.85. The quantitative estimate of drug-likeness (QED) is 0.325. The average Bonchev–Trinajstić information content (AvgIpc) is 2.65. The van der Waals surface area contributed by atoms with E-state index in [4.69, 9.17) is 0 Å². The van der Waals surface area contributed by atoms with Crippen molar-refractivity contribution < 1.29 is 13.3 Å². The van der Waals surface area contributed by atoms with Crippen molar-refractivity contribution in [3.63, 3.8) is 0 Å². The van der Waals surface area contributed by atoms with Gasteiger partial charge < -0.3 is 0 Å². The van der Waals surface area contributed by atoms with Crippen LogP contribution in [-0.2, 0) is 10.0 Å². The predicted molar refractivity (Wildman–Crippen MR) is 110 cm³/mol. The smallest absolute Gasteiger partial charge is 0.263 e. The molecule has 10 heteroatoms. The first kappa shape index (κ1) is 19.9. The lowest BCUT2D eigenvalue weighted by Crippen LogP contribution is -2.23. The number of non-ortho nitro benzene ring substituents is 1. The Balaban J connectivity index is 1.99. The van der Waals surface area contributed by atoms with Gasteiger partial charge >= 0.3 is 0 Å². The molecule has 144 valence electrons. The standard InChI is InChI=1S/C18H15BrN4O4S/c1-12-3-6-16(23(24)25)8-18(12)28(26,27)22(2)21-11-14-10-20-9-13-4-5-15(19)7-17(13)14/h3-11H,1-2H3/b21-11+. The van der Waals surface area contributed by atoms with Crippen LogP contribution in [0.15, 0.2) is 63.3 Å². The predicted octanol–water partition coefficient (Wildman–Crippen LogP) is 3.87. The molecule has 0 saturated carbocycles. The van der Waals surface area contributed by atoms with Crippen LogP contribution in [0.25, 0.3) is 10.8 Å². The highest BCUT2D eigenvalue weighted by Crippen LogP contribution is 2.25. The Kier molecular flexibility index (Phi) is 5.43. The zero-order valence-electron chi connectivity index (χ0n) is 14.9. The molecule has 8 nitrogen and oxygen atoms in total. The summed E-state index contributed by atoms with van der Waals surface area (Å²) in [6, 6.07) is 9.35. The zero-order chi connectivity index (χ0) is 20.5. The number of nitro benzene ring substituents is 1. The molecule has 0 aliphatic rings. The van der Waals surface area contributed by atoms with Crippen molar-refractivity contribution in [2.75, 3.05) is 7.05 Å². The highest BCUT2D eigenvalue weighted by Gasteiger charge is 2.24. The minimum absolute atomic E-state index is 0.167. The van der Waals surface area contributed by atoms with E-state index in [9.17, 15) is 18.5 Å².